The Hall–Kier alpha value is -3.46. The Bertz CT molecular complexity index is 1330. The van der Waals surface area contributed by atoms with Gasteiger partial charge in [-0.1, -0.05) is 35.3 Å². The lowest BCUT2D eigenvalue weighted by atomic mass is 10.1. The fourth-order valence-electron chi connectivity index (χ4n) is 3.22. The number of nitrogens with zero attached hydrogens (tertiary/aromatic N) is 2. The second kappa shape index (κ2) is 8.58. The van der Waals surface area contributed by atoms with Gasteiger partial charge in [-0.2, -0.15) is 0 Å². The van der Waals surface area contributed by atoms with Crippen LogP contribution in [0.3, 0.4) is 0 Å². The number of carboxylic acid groups (broad SMARTS) is 1. The minimum Gasteiger partial charge on any atom is -0.478 e. The minimum absolute atomic E-state index is 0.105. The maximum absolute atomic E-state index is 13.2. The number of carbonyl (C=O) groups is 3. The molecule has 32 heavy (non-hydrogen) atoms. The number of carboxylic acids is 1. The third kappa shape index (κ3) is 3.91. The molecule has 0 unspecified atom stereocenters. The predicted molar refractivity (Wildman–Crippen MR) is 125 cm³/mol. The number of benzene rings is 2. The second-order valence-electron chi connectivity index (χ2n) is 6.69. The van der Waals surface area contributed by atoms with E-state index in [0.29, 0.717) is 11.4 Å². The highest BCUT2D eigenvalue weighted by Crippen LogP contribution is 2.34. The van der Waals surface area contributed by atoms with Crippen LogP contribution in [0.5, 0.6) is 0 Å². The Labute approximate surface area is 197 Å². The number of aromatic carboxylic acids is 1. The molecule has 2 aromatic carbocycles. The van der Waals surface area contributed by atoms with Crippen LogP contribution in [0, 0.1) is 0 Å². The SMILES string of the molecule is O=C1NC(=S)N(c2cccc(Cl)c2Cl)C(=O)/C1=C/c1cccn1-c1cccc(C(=O)O)c1. The topological polar surface area (TPSA) is 91.6 Å². The molecule has 0 spiro atoms. The molecular weight excluding hydrogens is 473 g/mol. The van der Waals surface area contributed by atoms with Gasteiger partial charge in [0.25, 0.3) is 11.8 Å². The first-order valence-electron chi connectivity index (χ1n) is 9.14. The number of amides is 2. The van der Waals surface area contributed by atoms with Crippen molar-refractivity contribution < 1.29 is 19.5 Å². The van der Waals surface area contributed by atoms with Crippen LogP contribution in [0.15, 0.2) is 66.4 Å². The van der Waals surface area contributed by atoms with Crippen molar-refractivity contribution >= 4 is 70.1 Å². The van der Waals surface area contributed by atoms with Crippen LogP contribution in [-0.4, -0.2) is 32.6 Å². The van der Waals surface area contributed by atoms with Gasteiger partial charge < -0.3 is 9.67 Å². The number of thiocarbonyl (C=S) groups is 1. The quantitative estimate of drug-likeness (QED) is 0.326. The van der Waals surface area contributed by atoms with E-state index in [1.54, 1.807) is 53.2 Å². The summed E-state index contributed by atoms with van der Waals surface area (Å²) in [4.78, 5) is 38.3. The molecule has 1 aliphatic rings. The molecule has 1 saturated heterocycles. The monoisotopic (exact) mass is 485 g/mol. The van der Waals surface area contributed by atoms with Crippen LogP contribution < -0.4 is 10.2 Å². The first-order chi connectivity index (χ1) is 15.3. The molecule has 160 valence electrons. The van der Waals surface area contributed by atoms with E-state index in [0.717, 1.165) is 4.90 Å². The van der Waals surface area contributed by atoms with Crippen LogP contribution in [-0.2, 0) is 9.59 Å². The summed E-state index contributed by atoms with van der Waals surface area (Å²) in [6.45, 7) is 0. The van der Waals surface area contributed by atoms with E-state index >= 15 is 0 Å². The van der Waals surface area contributed by atoms with Crippen LogP contribution in [0.2, 0.25) is 10.0 Å². The van der Waals surface area contributed by atoms with Crippen LogP contribution in [0.1, 0.15) is 16.1 Å². The van der Waals surface area contributed by atoms with Crippen LogP contribution in [0.4, 0.5) is 5.69 Å². The molecule has 2 N–H and O–H groups in total. The number of carbonyl (C=O) groups excluding carboxylic acids is 2. The van der Waals surface area contributed by atoms with E-state index < -0.39 is 17.8 Å². The fourth-order valence-corrected chi connectivity index (χ4v) is 3.88. The van der Waals surface area contributed by atoms with Crippen LogP contribution >= 0.6 is 35.4 Å². The summed E-state index contributed by atoms with van der Waals surface area (Å²) in [5.74, 6) is -2.40. The highest BCUT2D eigenvalue weighted by molar-refractivity contribution is 7.80. The van der Waals surface area contributed by atoms with Gasteiger partial charge >= 0.3 is 5.97 Å². The summed E-state index contributed by atoms with van der Waals surface area (Å²) >= 11 is 17.5. The van der Waals surface area contributed by atoms with Gasteiger partial charge in [0.15, 0.2) is 5.11 Å². The standard InChI is InChI=1S/C22H13Cl2N3O4S/c23-16-7-2-8-17(18(16)24)27-20(29)15(19(28)25-22(27)32)11-14-6-3-9-26(14)13-5-1-4-12(10-13)21(30)31/h1-11H,(H,30,31)(H,25,28,32)/b15-11+. The van der Waals surface area contributed by atoms with E-state index in [2.05, 4.69) is 5.32 Å². The molecular formula is C22H13Cl2N3O4S. The summed E-state index contributed by atoms with van der Waals surface area (Å²) in [6.07, 6.45) is 3.09. The smallest absolute Gasteiger partial charge is 0.335 e. The molecule has 3 aromatic rings. The molecule has 1 aromatic heterocycles. The molecule has 0 radical (unpaired) electrons. The van der Waals surface area contributed by atoms with Gasteiger partial charge in [0.05, 0.1) is 21.3 Å². The van der Waals surface area contributed by atoms with Gasteiger partial charge in [-0.3, -0.25) is 19.8 Å². The first-order valence-corrected chi connectivity index (χ1v) is 10.3. The average molecular weight is 486 g/mol. The molecule has 1 fully saturated rings. The van der Waals surface area contributed by atoms with Crippen molar-refractivity contribution in [3.05, 3.63) is 87.7 Å². The van der Waals surface area contributed by atoms with E-state index in [4.69, 9.17) is 35.4 Å². The Kier molecular flexibility index (Phi) is 5.84. The molecule has 0 saturated carbocycles. The summed E-state index contributed by atoms with van der Waals surface area (Å²) in [6, 6.07) is 14.4. The Morgan fingerprint density at radius 3 is 2.56 bits per heavy atom. The number of anilines is 1. The lowest BCUT2D eigenvalue weighted by Gasteiger charge is -2.29. The van der Waals surface area contributed by atoms with Gasteiger partial charge in [-0.05, 0) is 60.8 Å². The molecule has 7 nitrogen and oxygen atoms in total. The number of rotatable bonds is 4. The zero-order valence-electron chi connectivity index (χ0n) is 16.1. The highest BCUT2D eigenvalue weighted by atomic mass is 35.5. The maximum Gasteiger partial charge on any atom is 0.335 e. The van der Waals surface area contributed by atoms with Crippen molar-refractivity contribution in [1.82, 2.24) is 9.88 Å². The summed E-state index contributed by atoms with van der Waals surface area (Å²) in [7, 11) is 0. The lowest BCUT2D eigenvalue weighted by molar-refractivity contribution is -0.122. The Balaban J connectivity index is 1.77. The van der Waals surface area contributed by atoms with Gasteiger partial charge in [0.1, 0.15) is 5.57 Å². The first kappa shape index (κ1) is 21.8. The van der Waals surface area contributed by atoms with E-state index in [1.807, 2.05) is 0 Å². The molecule has 1 aliphatic heterocycles. The molecule has 0 aliphatic carbocycles. The zero-order chi connectivity index (χ0) is 23.0. The van der Waals surface area contributed by atoms with Crippen molar-refractivity contribution in [2.45, 2.75) is 0 Å². The largest absolute Gasteiger partial charge is 0.478 e. The van der Waals surface area contributed by atoms with Gasteiger partial charge in [0, 0.05) is 17.6 Å². The number of hydrogen-bond acceptors (Lipinski definition) is 4. The van der Waals surface area contributed by atoms with Crippen molar-refractivity contribution in [1.29, 1.82) is 0 Å². The van der Waals surface area contributed by atoms with Crippen molar-refractivity contribution in [3.63, 3.8) is 0 Å². The Morgan fingerprint density at radius 1 is 1.06 bits per heavy atom. The molecule has 4 rings (SSSR count). The van der Waals surface area contributed by atoms with E-state index in [9.17, 15) is 19.5 Å². The van der Waals surface area contributed by atoms with Crippen molar-refractivity contribution in [3.8, 4) is 5.69 Å². The minimum atomic E-state index is -1.07. The summed E-state index contributed by atoms with van der Waals surface area (Å²) < 4.78 is 1.66. The zero-order valence-corrected chi connectivity index (χ0v) is 18.4. The maximum atomic E-state index is 13.2. The second-order valence-corrected chi connectivity index (χ2v) is 7.86. The molecule has 2 amide bonds. The van der Waals surface area contributed by atoms with Gasteiger partial charge in [0.2, 0.25) is 0 Å². The lowest BCUT2D eigenvalue weighted by Crippen LogP contribution is -2.54. The number of hydrogen-bond donors (Lipinski definition) is 2. The number of nitrogens with one attached hydrogen (secondary N) is 1. The van der Waals surface area contributed by atoms with Crippen molar-refractivity contribution in [2.24, 2.45) is 0 Å². The molecule has 10 heteroatoms. The van der Waals surface area contributed by atoms with E-state index in [-0.39, 0.29) is 32.0 Å². The summed E-state index contributed by atoms with van der Waals surface area (Å²) in [5, 5.41) is 12.0. The highest BCUT2D eigenvalue weighted by Gasteiger charge is 2.36. The molecule has 0 bridgehead atoms. The summed E-state index contributed by atoms with van der Waals surface area (Å²) in [5.41, 5.74) is 1.20. The fraction of sp³-hybridized carbons (Fsp3) is 0. The Morgan fingerprint density at radius 2 is 1.81 bits per heavy atom. The molecule has 0 atom stereocenters. The van der Waals surface area contributed by atoms with Gasteiger partial charge in [-0.25, -0.2) is 4.79 Å². The average Bonchev–Trinajstić information content (AvgIpc) is 3.22. The molecule has 2 heterocycles. The number of halogens is 2. The van der Waals surface area contributed by atoms with E-state index in [1.165, 1.54) is 18.2 Å². The third-order valence-corrected chi connectivity index (χ3v) is 5.81. The third-order valence-electron chi connectivity index (χ3n) is 4.72. The van der Waals surface area contributed by atoms with Gasteiger partial charge in [-0.15, -0.1) is 0 Å². The van der Waals surface area contributed by atoms with Crippen molar-refractivity contribution in [2.75, 3.05) is 4.90 Å². The normalized spacial score (nSPS) is 15.2. The van der Waals surface area contributed by atoms with Crippen LogP contribution in [0.25, 0.3) is 11.8 Å². The predicted octanol–water partition coefficient (Wildman–Crippen LogP) is 4.31. The number of aromatic nitrogens is 1.